The molecule has 0 amide bonds. The van der Waals surface area contributed by atoms with Crippen LogP contribution in [0.15, 0.2) is 65.7 Å². The predicted octanol–water partition coefficient (Wildman–Crippen LogP) is 9.38. The van der Waals surface area contributed by atoms with Crippen molar-refractivity contribution in [2.75, 3.05) is 0 Å². The van der Waals surface area contributed by atoms with Crippen molar-refractivity contribution in [3.63, 3.8) is 0 Å². The van der Waals surface area contributed by atoms with Crippen LogP contribution in [0.25, 0.3) is 45.1 Å². The van der Waals surface area contributed by atoms with E-state index in [1.165, 1.54) is 0 Å². The highest BCUT2D eigenvalue weighted by molar-refractivity contribution is 6.42. The molecular weight excluding hydrogens is 586 g/mol. The maximum Gasteiger partial charge on any atom is 0.609 e. The molecule has 4 nitrogen and oxygen atoms in total. The van der Waals surface area contributed by atoms with Crippen molar-refractivity contribution in [3.8, 4) is 0 Å². The predicted molar refractivity (Wildman–Crippen MR) is 184 cm³/mol. The van der Waals surface area contributed by atoms with Gasteiger partial charge in [0.25, 0.3) is 0 Å². The fraction of sp³-hybridized carbons (Fsp3) is 0.222. The summed E-state index contributed by atoms with van der Waals surface area (Å²) in [4.78, 5) is 8.50. The summed E-state index contributed by atoms with van der Waals surface area (Å²) < 4.78 is 60.5. The summed E-state index contributed by atoms with van der Waals surface area (Å²) >= 11 is 0. The summed E-state index contributed by atoms with van der Waals surface area (Å²) in [7, 11) is -5.38. The maximum absolute atomic E-state index is 14.6. The minimum absolute atomic E-state index is 0.440. The third kappa shape index (κ3) is 4.52. The Morgan fingerprint density at radius 1 is 0.739 bits per heavy atom. The normalized spacial score (nSPS) is 16.3. The summed E-state index contributed by atoms with van der Waals surface area (Å²) in [6.45, 7) is 7.86. The molecule has 0 fully saturated rings. The summed E-state index contributed by atoms with van der Waals surface area (Å²) in [6, 6.07) is 19.2. The number of nitrogens with zero attached hydrogens (tertiary/aromatic N) is 3. The molecule has 5 aromatic rings. The van der Waals surface area contributed by atoms with Crippen LogP contribution in [0.1, 0.15) is 85.6 Å². The van der Waals surface area contributed by atoms with E-state index in [1.54, 1.807) is 6.08 Å². The topological polar surface area (TPSA) is 36.1 Å². The first-order valence-corrected chi connectivity index (χ1v) is 15.9. The Hall–Kier alpha value is -4.59. The molecule has 2 aliphatic rings. The van der Waals surface area contributed by atoms with Crippen LogP contribution in [0.2, 0.25) is 0 Å². The molecule has 0 spiro atoms. The Bertz CT molecular complexity index is 2170. The largest absolute Gasteiger partial charge is 0.609 e. The molecule has 0 aliphatic carbocycles. The number of nitrogens with one attached hydrogen (secondary N) is 1. The number of aromatic amines is 1. The second-order valence-corrected chi connectivity index (χ2v) is 11.7. The first kappa shape index (κ1) is 30.1. The molecule has 10 heteroatoms. The molecule has 0 bridgehead atoms. The van der Waals surface area contributed by atoms with Crippen LogP contribution in [0, 0.1) is 0 Å². The van der Waals surface area contributed by atoms with E-state index in [0.717, 1.165) is 69.9 Å². The smallest absolute Gasteiger partial charge is 0.487 e. The fourth-order valence-corrected chi connectivity index (χ4v) is 7.31. The Morgan fingerprint density at radius 2 is 1.43 bits per heavy atom. The summed E-state index contributed by atoms with van der Waals surface area (Å²) in [6.07, 6.45) is 5.92. The van der Waals surface area contributed by atoms with Crippen LogP contribution in [0.3, 0.4) is 0 Å². The lowest BCUT2D eigenvalue weighted by atomic mass is 9.96. The number of rotatable bonds is 8. The summed E-state index contributed by atoms with van der Waals surface area (Å²) in [5.74, 6) is 0. The number of aryl methyl sites for hydroxylation is 2. The van der Waals surface area contributed by atoms with Gasteiger partial charge in [0.2, 0.25) is 0 Å². The van der Waals surface area contributed by atoms with Crippen molar-refractivity contribution >= 4 is 71.3 Å². The molecule has 4 heterocycles. The lowest BCUT2D eigenvalue weighted by Crippen LogP contribution is -2.23. The Morgan fingerprint density at radius 3 is 2.09 bits per heavy atom. The third-order valence-electron chi connectivity index (χ3n) is 9.33. The van der Waals surface area contributed by atoms with E-state index in [4.69, 9.17) is 4.99 Å². The average molecular weight is 619 g/mol. The molecule has 3 aromatic carbocycles. The molecule has 0 unspecified atom stereocenters. The van der Waals surface area contributed by atoms with Crippen LogP contribution < -0.4 is 0 Å². The van der Waals surface area contributed by atoms with Gasteiger partial charge in [0.1, 0.15) is 5.71 Å². The van der Waals surface area contributed by atoms with Gasteiger partial charge >= 0.3 is 14.8 Å². The van der Waals surface area contributed by atoms with Gasteiger partial charge in [0, 0.05) is 56.9 Å². The number of halogens is 4. The second kappa shape index (κ2) is 11.6. The SMILES string of the molecule is CCC1=NC(=Cc2c3ccccc3c(CC)n2[B-](F)F)c2cc3c(CC)[nH]c(C=C4c5ccccc5C(CC)=[N+]4[B-](F)F)c3cc21. The molecule has 1 N–H and O–H groups in total. The molecule has 232 valence electrons. The van der Waals surface area contributed by atoms with E-state index < -0.39 is 14.8 Å². The van der Waals surface area contributed by atoms with Gasteiger partial charge in [-0.3, -0.25) is 4.99 Å². The van der Waals surface area contributed by atoms with Gasteiger partial charge in [-0.2, -0.15) is 0 Å². The molecule has 2 radical (unpaired) electrons. The zero-order valence-electron chi connectivity index (χ0n) is 26.3. The first-order valence-electron chi connectivity index (χ1n) is 15.9. The number of aliphatic imine (C=N–C) groups is 1. The van der Waals surface area contributed by atoms with Crippen LogP contribution in [0.5, 0.6) is 0 Å². The van der Waals surface area contributed by atoms with E-state index >= 15 is 0 Å². The first-order chi connectivity index (χ1) is 22.3. The van der Waals surface area contributed by atoms with Crippen molar-refractivity contribution < 1.29 is 21.7 Å². The Kier molecular flexibility index (Phi) is 7.62. The summed E-state index contributed by atoms with van der Waals surface area (Å²) in [5.41, 5.74) is 8.73. The van der Waals surface area contributed by atoms with Crippen LogP contribution >= 0.6 is 0 Å². The minimum atomic E-state index is -2.70. The van der Waals surface area contributed by atoms with Gasteiger partial charge in [-0.15, -0.1) is 0 Å². The van der Waals surface area contributed by atoms with Gasteiger partial charge in [0.15, 0.2) is 5.70 Å². The van der Waals surface area contributed by atoms with E-state index in [9.17, 15) is 17.3 Å². The molecule has 2 aliphatic heterocycles. The standard InChI is InChI=1S/C36H33B2F4N4/c1-5-29-25-17-28-26(18-27(25)31(43-29)19-35-23-15-11-9-13-21(23)33(7-3)45(35)37(39)40)30(6-2)44-32(28)20-36-24-16-12-10-14-22(24)34(8-4)46(36)38(41)42/h9-20,43H,5-8H2,1-4H3/q-1. The van der Waals surface area contributed by atoms with Crippen molar-refractivity contribution in [1.29, 1.82) is 0 Å². The van der Waals surface area contributed by atoms with E-state index in [0.29, 0.717) is 54.2 Å². The minimum Gasteiger partial charge on any atom is -0.487 e. The monoisotopic (exact) mass is 619 g/mol. The van der Waals surface area contributed by atoms with Crippen LogP contribution in [-0.4, -0.2) is 40.2 Å². The molecule has 2 aromatic heterocycles. The Labute approximate surface area is 266 Å². The molecule has 46 heavy (non-hydrogen) atoms. The van der Waals surface area contributed by atoms with Crippen molar-refractivity contribution in [3.05, 3.63) is 106 Å². The van der Waals surface area contributed by atoms with Crippen molar-refractivity contribution in [1.82, 2.24) is 9.46 Å². The molecule has 0 atom stereocenters. The highest BCUT2D eigenvalue weighted by Gasteiger charge is 2.34. The van der Waals surface area contributed by atoms with E-state index in [-0.39, 0.29) is 0 Å². The van der Waals surface area contributed by atoms with E-state index in [1.807, 2.05) is 82.3 Å². The zero-order chi connectivity index (χ0) is 32.3. The number of aromatic nitrogens is 2. The lowest BCUT2D eigenvalue weighted by Gasteiger charge is -2.20. The maximum atomic E-state index is 14.6. The van der Waals surface area contributed by atoms with E-state index in [2.05, 4.69) is 17.1 Å². The van der Waals surface area contributed by atoms with Crippen molar-refractivity contribution in [2.24, 2.45) is 4.99 Å². The Balaban J connectivity index is 1.44. The quantitative estimate of drug-likeness (QED) is 0.133. The molecular formula is C36H33B2F4N4-. The van der Waals surface area contributed by atoms with Crippen LogP contribution in [-0.2, 0) is 12.8 Å². The second-order valence-electron chi connectivity index (χ2n) is 11.7. The van der Waals surface area contributed by atoms with Gasteiger partial charge < -0.3 is 31.2 Å². The number of H-pyrrole nitrogens is 1. The lowest BCUT2D eigenvalue weighted by molar-refractivity contribution is -0.297. The number of hydrogen-bond donors (Lipinski definition) is 1. The average Bonchev–Trinajstić information content (AvgIpc) is 3.78. The van der Waals surface area contributed by atoms with Gasteiger partial charge in [0.05, 0.1) is 22.5 Å². The fourth-order valence-electron chi connectivity index (χ4n) is 7.31. The molecule has 0 saturated heterocycles. The van der Waals surface area contributed by atoms with Gasteiger partial charge in [-0.25, -0.2) is 0 Å². The summed E-state index contributed by atoms with van der Waals surface area (Å²) in [5, 5.41) is 3.46. The highest BCUT2D eigenvalue weighted by atomic mass is 19.2. The number of hydrogen-bond acceptors (Lipinski definition) is 1. The van der Waals surface area contributed by atoms with Crippen LogP contribution in [0.4, 0.5) is 17.3 Å². The third-order valence-corrected chi connectivity index (χ3v) is 9.33. The number of benzene rings is 3. The number of fused-ring (bicyclic) bond motifs is 4. The molecule has 7 rings (SSSR count). The zero-order valence-corrected chi connectivity index (χ0v) is 26.3. The molecule has 0 saturated carbocycles. The van der Waals surface area contributed by atoms with Gasteiger partial charge in [-0.05, 0) is 60.7 Å². The van der Waals surface area contributed by atoms with Gasteiger partial charge in [-0.1, -0.05) is 64.1 Å². The highest BCUT2D eigenvalue weighted by Crippen LogP contribution is 2.40. The van der Waals surface area contributed by atoms with Crippen molar-refractivity contribution in [2.45, 2.75) is 53.4 Å².